The van der Waals surface area contributed by atoms with E-state index < -0.39 is 12.0 Å². The van der Waals surface area contributed by atoms with E-state index in [2.05, 4.69) is 11.6 Å². The zero-order chi connectivity index (χ0) is 27.5. The quantitative estimate of drug-likeness (QED) is 0.298. The summed E-state index contributed by atoms with van der Waals surface area (Å²) in [4.78, 5) is 32.2. The molecule has 39 heavy (non-hydrogen) atoms. The highest BCUT2D eigenvalue weighted by Crippen LogP contribution is 2.36. The molecule has 0 saturated heterocycles. The van der Waals surface area contributed by atoms with Crippen molar-refractivity contribution in [3.63, 3.8) is 0 Å². The van der Waals surface area contributed by atoms with Crippen LogP contribution in [0.25, 0.3) is 6.08 Å². The summed E-state index contributed by atoms with van der Waals surface area (Å²) in [6.45, 7) is 10.1. The molecule has 1 atom stereocenters. The Bertz CT molecular complexity index is 1650. The van der Waals surface area contributed by atoms with E-state index in [4.69, 9.17) is 23.7 Å². The van der Waals surface area contributed by atoms with Crippen molar-refractivity contribution in [3.8, 4) is 23.0 Å². The molecule has 3 aromatic rings. The molecule has 2 aliphatic heterocycles. The lowest BCUT2D eigenvalue weighted by atomic mass is 9.95. The van der Waals surface area contributed by atoms with Crippen LogP contribution >= 0.6 is 11.3 Å². The normalized spacial score (nSPS) is 16.0. The van der Waals surface area contributed by atoms with E-state index >= 15 is 0 Å². The van der Waals surface area contributed by atoms with E-state index in [1.807, 2.05) is 31.2 Å². The van der Waals surface area contributed by atoms with Crippen molar-refractivity contribution in [1.29, 1.82) is 0 Å². The molecule has 0 saturated carbocycles. The number of ether oxygens (including phenoxy) is 5. The van der Waals surface area contributed by atoms with E-state index in [-0.39, 0.29) is 19.0 Å². The minimum absolute atomic E-state index is 0.165. The Kier molecular flexibility index (Phi) is 7.56. The average molecular weight is 549 g/mol. The zero-order valence-corrected chi connectivity index (χ0v) is 22.7. The summed E-state index contributed by atoms with van der Waals surface area (Å²) in [6.07, 6.45) is 3.43. The topological polar surface area (TPSA) is 97.6 Å². The number of aromatic nitrogens is 1. The predicted octanol–water partition coefficient (Wildman–Crippen LogP) is 3.49. The summed E-state index contributed by atoms with van der Waals surface area (Å²) in [6, 6.07) is 10.1. The smallest absolute Gasteiger partial charge is 0.338 e. The van der Waals surface area contributed by atoms with Crippen molar-refractivity contribution in [2.75, 3.05) is 26.6 Å². The summed E-state index contributed by atoms with van der Waals surface area (Å²) >= 11 is 1.25. The van der Waals surface area contributed by atoms with E-state index in [0.717, 1.165) is 5.56 Å². The number of benzene rings is 2. The van der Waals surface area contributed by atoms with Gasteiger partial charge in [-0.15, -0.1) is 0 Å². The number of thiazole rings is 1. The van der Waals surface area contributed by atoms with Crippen LogP contribution < -0.4 is 33.8 Å². The SMILES string of the molecule is C=CCOc1ccc([C@@H]2C(C(=O)OCC)=C(C)N=c3s/c(=C/c4ccc5c(c4)OCO5)c(=O)n32)cc1OCC. The summed E-state index contributed by atoms with van der Waals surface area (Å²) in [5.41, 5.74) is 1.95. The van der Waals surface area contributed by atoms with Gasteiger partial charge in [0.05, 0.1) is 35.1 Å². The van der Waals surface area contributed by atoms with Gasteiger partial charge in [0.2, 0.25) is 6.79 Å². The highest BCUT2D eigenvalue weighted by atomic mass is 32.1. The largest absolute Gasteiger partial charge is 0.490 e. The molecule has 3 heterocycles. The molecule has 0 spiro atoms. The van der Waals surface area contributed by atoms with Gasteiger partial charge in [0.1, 0.15) is 6.61 Å². The molecular formula is C29H28N2O7S. The Balaban J connectivity index is 1.67. The standard InChI is InChI=1S/C29H28N2O7S/c1-5-12-36-20-11-9-19(15-23(20)34-6-2)26-25(28(33)35-7-3)17(4)30-29-31(26)27(32)24(39-29)14-18-8-10-21-22(13-18)38-16-37-21/h5,8-11,13-15,26H,1,6-7,12,16H2,2-4H3/b24-14+/t26-/m1/s1. The minimum atomic E-state index is -0.771. The maximum atomic E-state index is 13.9. The van der Waals surface area contributed by atoms with Crippen molar-refractivity contribution in [2.24, 2.45) is 4.99 Å². The first-order valence-corrected chi connectivity index (χ1v) is 13.4. The van der Waals surface area contributed by atoms with Crippen LogP contribution in [0.1, 0.15) is 37.9 Å². The molecule has 2 aliphatic rings. The Morgan fingerprint density at radius 3 is 2.72 bits per heavy atom. The van der Waals surface area contributed by atoms with E-state index in [0.29, 0.717) is 62.4 Å². The predicted molar refractivity (Wildman–Crippen MR) is 146 cm³/mol. The summed E-state index contributed by atoms with van der Waals surface area (Å²) in [7, 11) is 0. The van der Waals surface area contributed by atoms with Crippen molar-refractivity contribution in [3.05, 3.63) is 91.1 Å². The molecule has 0 N–H and O–H groups in total. The van der Waals surface area contributed by atoms with Crippen LogP contribution in [0.2, 0.25) is 0 Å². The Morgan fingerprint density at radius 2 is 1.95 bits per heavy atom. The maximum absolute atomic E-state index is 13.9. The molecule has 10 heteroatoms. The molecule has 0 bridgehead atoms. The van der Waals surface area contributed by atoms with Gasteiger partial charge >= 0.3 is 5.97 Å². The van der Waals surface area contributed by atoms with Crippen LogP contribution in [-0.4, -0.2) is 37.1 Å². The third-order valence-corrected chi connectivity index (χ3v) is 7.13. The number of rotatable bonds is 9. The first-order valence-electron chi connectivity index (χ1n) is 12.5. The molecular weight excluding hydrogens is 520 g/mol. The average Bonchev–Trinajstić information content (AvgIpc) is 3.51. The Morgan fingerprint density at radius 1 is 1.13 bits per heavy atom. The van der Waals surface area contributed by atoms with Crippen LogP contribution in [0.4, 0.5) is 0 Å². The molecule has 0 unspecified atom stereocenters. The summed E-state index contributed by atoms with van der Waals surface area (Å²) in [5.74, 6) is 1.79. The number of allylic oxidation sites excluding steroid dienone is 1. The Hall–Kier alpha value is -4.31. The summed E-state index contributed by atoms with van der Waals surface area (Å²) in [5, 5.41) is 0. The number of esters is 1. The lowest BCUT2D eigenvalue weighted by molar-refractivity contribution is -0.139. The van der Waals surface area contributed by atoms with Gasteiger partial charge in [-0.05, 0) is 62.2 Å². The number of carbonyl (C=O) groups is 1. The van der Waals surface area contributed by atoms with Crippen LogP contribution in [-0.2, 0) is 9.53 Å². The lowest BCUT2D eigenvalue weighted by Crippen LogP contribution is -2.40. The first-order chi connectivity index (χ1) is 18.9. The molecule has 1 aromatic heterocycles. The van der Waals surface area contributed by atoms with Gasteiger partial charge in [0.15, 0.2) is 27.8 Å². The van der Waals surface area contributed by atoms with Gasteiger partial charge in [-0.2, -0.15) is 0 Å². The number of hydrogen-bond acceptors (Lipinski definition) is 9. The molecule has 0 aliphatic carbocycles. The lowest BCUT2D eigenvalue weighted by Gasteiger charge is -2.25. The highest BCUT2D eigenvalue weighted by Gasteiger charge is 2.34. The molecule has 2 aromatic carbocycles. The van der Waals surface area contributed by atoms with E-state index in [1.54, 1.807) is 38.1 Å². The fourth-order valence-corrected chi connectivity index (χ4v) is 5.54. The van der Waals surface area contributed by atoms with Gasteiger partial charge in [-0.25, -0.2) is 9.79 Å². The van der Waals surface area contributed by atoms with Crippen molar-refractivity contribution < 1.29 is 28.5 Å². The fourth-order valence-electron chi connectivity index (χ4n) is 4.49. The highest BCUT2D eigenvalue weighted by molar-refractivity contribution is 7.07. The van der Waals surface area contributed by atoms with Gasteiger partial charge in [0.25, 0.3) is 5.56 Å². The maximum Gasteiger partial charge on any atom is 0.338 e. The number of nitrogens with zero attached hydrogens (tertiary/aromatic N) is 2. The second kappa shape index (κ2) is 11.2. The van der Waals surface area contributed by atoms with Crippen LogP contribution in [0.15, 0.2) is 70.1 Å². The molecule has 9 nitrogen and oxygen atoms in total. The molecule has 5 rings (SSSR count). The summed E-state index contributed by atoms with van der Waals surface area (Å²) < 4.78 is 29.9. The van der Waals surface area contributed by atoms with Gasteiger partial charge in [-0.1, -0.05) is 36.1 Å². The van der Waals surface area contributed by atoms with Gasteiger partial charge < -0.3 is 23.7 Å². The number of fused-ring (bicyclic) bond motifs is 2. The van der Waals surface area contributed by atoms with Gasteiger partial charge in [-0.3, -0.25) is 9.36 Å². The molecule has 0 radical (unpaired) electrons. The van der Waals surface area contributed by atoms with Crippen LogP contribution in [0.3, 0.4) is 0 Å². The zero-order valence-electron chi connectivity index (χ0n) is 21.9. The van der Waals surface area contributed by atoms with Crippen LogP contribution in [0, 0.1) is 0 Å². The molecule has 202 valence electrons. The van der Waals surface area contributed by atoms with Crippen molar-refractivity contribution in [2.45, 2.75) is 26.8 Å². The van der Waals surface area contributed by atoms with Gasteiger partial charge in [0, 0.05) is 0 Å². The molecule has 0 amide bonds. The van der Waals surface area contributed by atoms with E-state index in [1.165, 1.54) is 15.9 Å². The third-order valence-electron chi connectivity index (χ3n) is 6.15. The minimum Gasteiger partial charge on any atom is -0.490 e. The number of carbonyl (C=O) groups excluding carboxylic acids is 1. The fraction of sp³-hybridized carbons (Fsp3) is 0.276. The monoisotopic (exact) mass is 548 g/mol. The number of hydrogen-bond donors (Lipinski definition) is 0. The van der Waals surface area contributed by atoms with E-state index in [9.17, 15) is 9.59 Å². The molecule has 0 fully saturated rings. The van der Waals surface area contributed by atoms with Crippen molar-refractivity contribution >= 4 is 23.4 Å². The van der Waals surface area contributed by atoms with Crippen LogP contribution in [0.5, 0.6) is 23.0 Å². The van der Waals surface area contributed by atoms with Crippen molar-refractivity contribution in [1.82, 2.24) is 4.57 Å². The Labute approximate surface area is 228 Å². The second-order valence-electron chi connectivity index (χ2n) is 8.65. The third kappa shape index (κ3) is 5.07. The first kappa shape index (κ1) is 26.3. The second-order valence-corrected chi connectivity index (χ2v) is 9.66.